The number of methoxy groups -OCH3 is 1. The number of carbonyl (C=O) groups excluding carboxylic acids is 2. The Morgan fingerprint density at radius 1 is 1.24 bits per heavy atom. The van der Waals surface area contributed by atoms with Gasteiger partial charge in [-0.2, -0.15) is 0 Å². The van der Waals surface area contributed by atoms with Gasteiger partial charge in [-0.3, -0.25) is 0 Å². The van der Waals surface area contributed by atoms with E-state index in [0.717, 1.165) is 23.5 Å². The van der Waals surface area contributed by atoms with Crippen molar-refractivity contribution in [1.82, 2.24) is 0 Å². The Kier molecular flexibility index (Phi) is 9.81. The van der Waals surface area contributed by atoms with Crippen molar-refractivity contribution in [2.45, 2.75) is 70.9 Å². The molecule has 34 heavy (non-hydrogen) atoms. The number of allylic oxidation sites excluding steroid dienone is 1. The second kappa shape index (κ2) is 11.9. The van der Waals surface area contributed by atoms with Crippen LogP contribution < -0.4 is 4.74 Å². The maximum atomic E-state index is 13.1. The second-order valence-electron chi connectivity index (χ2n) is 10.1. The third-order valence-corrected chi connectivity index (χ3v) is 6.97. The lowest BCUT2D eigenvalue weighted by atomic mass is 9.98. The molecule has 1 heterocycles. The second-order valence-corrected chi connectivity index (χ2v) is 15.8. The molecule has 0 unspecified atom stereocenters. The summed E-state index contributed by atoms with van der Waals surface area (Å²) in [6, 6.07) is 4.51. The molecule has 8 heteroatoms. The van der Waals surface area contributed by atoms with Crippen molar-refractivity contribution in [3.8, 4) is 5.75 Å². The molecule has 1 aliphatic rings. The first-order valence-electron chi connectivity index (χ1n) is 11.5. The molecule has 0 N–H and O–H groups in total. The topological polar surface area (TPSA) is 80.3 Å². The maximum absolute atomic E-state index is 13.1. The molecule has 1 fully saturated rings. The minimum atomic E-state index is -1.36. The highest BCUT2D eigenvalue weighted by Crippen LogP contribution is 2.32. The zero-order valence-corrected chi connectivity index (χ0v) is 22.4. The molecule has 0 amide bonds. The van der Waals surface area contributed by atoms with E-state index in [4.69, 9.17) is 23.7 Å². The minimum Gasteiger partial charge on any atom is -0.467 e. The van der Waals surface area contributed by atoms with Crippen LogP contribution in [0.4, 0.5) is 0 Å². The van der Waals surface area contributed by atoms with E-state index in [0.29, 0.717) is 29.9 Å². The fourth-order valence-electron chi connectivity index (χ4n) is 3.48. The summed E-state index contributed by atoms with van der Waals surface area (Å²) in [6.07, 6.45) is 3.81. The number of hydrogen-bond donors (Lipinski definition) is 0. The van der Waals surface area contributed by atoms with E-state index in [-0.39, 0.29) is 6.79 Å². The summed E-state index contributed by atoms with van der Waals surface area (Å²) in [7, 11) is 0.154. The highest BCUT2D eigenvalue weighted by molar-refractivity contribution is 6.76. The van der Waals surface area contributed by atoms with E-state index in [9.17, 15) is 9.59 Å². The SMILES string of the molecule is C=C(C)c1cc(/C=C/C[C@@H]2OC(C)(C)O[C@@H]2C=O)c(C(=O)OCC[Si](C)(C)C)c(OCOC)c1. The average molecular weight is 491 g/mol. The average Bonchev–Trinajstić information content (AvgIpc) is 3.04. The summed E-state index contributed by atoms with van der Waals surface area (Å²) in [6.45, 7) is 16.5. The molecule has 1 saturated heterocycles. The van der Waals surface area contributed by atoms with Gasteiger partial charge in [-0.1, -0.05) is 43.9 Å². The van der Waals surface area contributed by atoms with Gasteiger partial charge in [-0.25, -0.2) is 4.79 Å². The van der Waals surface area contributed by atoms with Crippen LogP contribution >= 0.6 is 0 Å². The van der Waals surface area contributed by atoms with Crippen molar-refractivity contribution in [1.29, 1.82) is 0 Å². The van der Waals surface area contributed by atoms with Crippen molar-refractivity contribution in [3.63, 3.8) is 0 Å². The summed E-state index contributed by atoms with van der Waals surface area (Å²) in [5.41, 5.74) is 2.61. The molecule has 1 aromatic carbocycles. The van der Waals surface area contributed by atoms with Crippen LogP contribution in [0.5, 0.6) is 5.75 Å². The van der Waals surface area contributed by atoms with E-state index in [2.05, 4.69) is 26.2 Å². The first kappa shape index (κ1) is 28.0. The van der Waals surface area contributed by atoms with E-state index < -0.39 is 32.0 Å². The first-order valence-corrected chi connectivity index (χ1v) is 15.2. The number of carbonyl (C=O) groups is 2. The Hall–Kier alpha value is -2.26. The van der Waals surface area contributed by atoms with E-state index in [1.807, 2.05) is 25.1 Å². The van der Waals surface area contributed by atoms with Gasteiger partial charge < -0.3 is 28.5 Å². The number of aldehydes is 1. The molecule has 0 radical (unpaired) electrons. The van der Waals surface area contributed by atoms with Crippen molar-refractivity contribution < 1.29 is 33.3 Å². The normalized spacial score (nSPS) is 19.9. The van der Waals surface area contributed by atoms with Crippen molar-refractivity contribution in [3.05, 3.63) is 41.5 Å². The molecule has 7 nitrogen and oxygen atoms in total. The van der Waals surface area contributed by atoms with Gasteiger partial charge in [-0.15, -0.1) is 0 Å². The lowest BCUT2D eigenvalue weighted by molar-refractivity contribution is -0.149. The Labute approximate surface area is 204 Å². The van der Waals surface area contributed by atoms with Gasteiger partial charge in [0.25, 0.3) is 0 Å². The lowest BCUT2D eigenvalue weighted by Crippen LogP contribution is -2.23. The Balaban J connectivity index is 2.37. The molecule has 0 aromatic heterocycles. The van der Waals surface area contributed by atoms with Crippen LogP contribution in [0.2, 0.25) is 25.7 Å². The quantitative estimate of drug-likeness (QED) is 0.170. The van der Waals surface area contributed by atoms with Gasteiger partial charge in [0, 0.05) is 15.2 Å². The fourth-order valence-corrected chi connectivity index (χ4v) is 4.20. The van der Waals surface area contributed by atoms with Crippen LogP contribution in [0.1, 0.15) is 48.7 Å². The van der Waals surface area contributed by atoms with Gasteiger partial charge in [0.05, 0.1) is 12.7 Å². The summed E-state index contributed by atoms with van der Waals surface area (Å²) < 4.78 is 27.9. The standard InChI is InChI=1S/C26H38O7Si/c1-18(2)20-14-19(10-9-11-21-23(16-27)33-26(3,4)32-21)24(22(15-20)31-17-29-5)25(28)30-12-13-34(6,7)8/h9-10,14-16,21,23H,1,11-13,17H2,2-8H3/b10-9+/t21-,23+/m0/s1. The Morgan fingerprint density at radius 2 is 1.94 bits per heavy atom. The highest BCUT2D eigenvalue weighted by Gasteiger charge is 2.40. The Morgan fingerprint density at radius 3 is 2.53 bits per heavy atom. The lowest BCUT2D eigenvalue weighted by Gasteiger charge is -2.18. The molecule has 2 atom stereocenters. The maximum Gasteiger partial charge on any atom is 0.342 e. The number of hydrogen-bond acceptors (Lipinski definition) is 7. The van der Waals surface area contributed by atoms with Crippen molar-refractivity contribution >= 4 is 32.0 Å². The zero-order chi connectivity index (χ0) is 25.5. The number of rotatable bonds is 12. The number of esters is 1. The smallest absolute Gasteiger partial charge is 0.342 e. The molecule has 1 aromatic rings. The third kappa shape index (κ3) is 8.20. The van der Waals surface area contributed by atoms with E-state index in [1.165, 1.54) is 7.11 Å². The zero-order valence-electron chi connectivity index (χ0n) is 21.4. The molecule has 2 rings (SSSR count). The monoisotopic (exact) mass is 490 g/mol. The highest BCUT2D eigenvalue weighted by atomic mass is 28.3. The van der Waals surface area contributed by atoms with E-state index >= 15 is 0 Å². The molecule has 0 spiro atoms. The fraction of sp³-hybridized carbons (Fsp3) is 0.538. The predicted molar refractivity (Wildman–Crippen MR) is 136 cm³/mol. The van der Waals surface area contributed by atoms with Crippen LogP contribution in [0.15, 0.2) is 24.8 Å². The van der Waals surface area contributed by atoms with Crippen LogP contribution in [-0.2, 0) is 23.7 Å². The molecule has 1 aliphatic heterocycles. The summed E-state index contributed by atoms with van der Waals surface area (Å²) in [5.74, 6) is -0.909. The predicted octanol–water partition coefficient (Wildman–Crippen LogP) is 5.32. The summed E-state index contributed by atoms with van der Waals surface area (Å²) in [4.78, 5) is 24.5. The van der Waals surface area contributed by atoms with Gasteiger partial charge in [-0.05, 0) is 56.5 Å². The first-order chi connectivity index (χ1) is 15.9. The molecule has 188 valence electrons. The summed E-state index contributed by atoms with van der Waals surface area (Å²) in [5, 5.41) is 0. The van der Waals surface area contributed by atoms with Crippen LogP contribution in [0.3, 0.4) is 0 Å². The molecule has 0 bridgehead atoms. The minimum absolute atomic E-state index is 0.0126. The Bertz CT molecular complexity index is 914. The van der Waals surface area contributed by atoms with Gasteiger partial charge in [0.15, 0.2) is 18.9 Å². The van der Waals surface area contributed by atoms with Crippen molar-refractivity contribution in [2.75, 3.05) is 20.5 Å². The van der Waals surface area contributed by atoms with Crippen LogP contribution in [0.25, 0.3) is 11.6 Å². The van der Waals surface area contributed by atoms with Gasteiger partial charge in [0.1, 0.15) is 17.4 Å². The largest absolute Gasteiger partial charge is 0.467 e. The molecular formula is C26H38O7Si. The van der Waals surface area contributed by atoms with Gasteiger partial charge in [0.2, 0.25) is 0 Å². The number of ether oxygens (including phenoxy) is 5. The van der Waals surface area contributed by atoms with Crippen LogP contribution in [-0.4, -0.2) is 58.8 Å². The summed E-state index contributed by atoms with van der Waals surface area (Å²) >= 11 is 0. The van der Waals surface area contributed by atoms with Gasteiger partial charge >= 0.3 is 5.97 Å². The van der Waals surface area contributed by atoms with E-state index in [1.54, 1.807) is 19.9 Å². The number of benzene rings is 1. The molecule has 0 saturated carbocycles. The molecule has 0 aliphatic carbocycles. The van der Waals surface area contributed by atoms with Crippen LogP contribution in [0, 0.1) is 0 Å². The third-order valence-electron chi connectivity index (χ3n) is 5.27. The van der Waals surface area contributed by atoms with Crippen molar-refractivity contribution in [2.24, 2.45) is 0 Å². The molecular weight excluding hydrogens is 452 g/mol.